The first-order valence-corrected chi connectivity index (χ1v) is 6.05. The van der Waals surface area contributed by atoms with Gasteiger partial charge in [-0.05, 0) is 12.1 Å². The van der Waals surface area contributed by atoms with Gasteiger partial charge in [-0.1, -0.05) is 72.0 Å². The second-order valence-electron chi connectivity index (χ2n) is 2.59. The smallest absolute Gasteiger partial charge is 0.176 e. The van der Waals surface area contributed by atoms with Gasteiger partial charge in [0.05, 0.1) is 16.7 Å². The van der Waals surface area contributed by atoms with E-state index in [0.717, 1.165) is 0 Å². The minimum Gasteiger partial charge on any atom is -0.249 e. The van der Waals surface area contributed by atoms with Crippen LogP contribution in [0.25, 0.3) is 10.9 Å². The zero-order valence-electron chi connectivity index (χ0n) is 10.7. The van der Waals surface area contributed by atoms with Crippen LogP contribution in [0.2, 0.25) is 0 Å². The first-order chi connectivity index (χ1) is 8.23. The summed E-state index contributed by atoms with van der Waals surface area (Å²) in [7, 11) is 0. The summed E-state index contributed by atoms with van der Waals surface area (Å²) in [6.45, 7) is 0. The van der Waals surface area contributed by atoms with Crippen LogP contribution in [0.1, 0.15) is 11.2 Å². The van der Waals surface area contributed by atoms with Crippen molar-refractivity contribution in [3.8, 4) is 0 Å². The van der Waals surface area contributed by atoms with Crippen molar-refractivity contribution in [1.29, 1.82) is 0 Å². The zero-order valence-corrected chi connectivity index (χ0v) is 11.5. The molecule has 0 aliphatic rings. The van der Waals surface area contributed by atoms with Gasteiger partial charge in [0.2, 0.25) is 0 Å². The molecule has 0 aliphatic heterocycles. The number of hydrogen-bond donors (Lipinski definition) is 0. The summed E-state index contributed by atoms with van der Waals surface area (Å²) in [5, 5.41) is 0.404. The molecule has 0 bridgehead atoms. The topological polar surface area (TPSA) is 12.9 Å². The molecule has 0 fully saturated rings. The van der Waals surface area contributed by atoms with E-state index in [9.17, 15) is 0 Å². The maximum Gasteiger partial charge on any atom is 0.176 e. The van der Waals surface area contributed by atoms with Crippen molar-refractivity contribution in [1.82, 2.24) is 4.98 Å². The molecule has 1 aromatic heterocycles. The number of nitrogens with zero attached hydrogens (tertiary/aromatic N) is 1. The van der Waals surface area contributed by atoms with Crippen LogP contribution < -0.4 is 0 Å². The fourth-order valence-corrected chi connectivity index (χ4v) is 1.66. The fraction of sp³-hybridized carbons (Fsp3) is 0.100. The fourth-order valence-electron chi connectivity index (χ4n) is 1.00. The Hall–Kier alpha value is 0.0700. The Morgan fingerprint density at radius 3 is 2.57 bits per heavy atom. The Labute approximate surface area is 113 Å². The molecule has 72 valence electrons. The van der Waals surface area contributed by atoms with E-state index in [1.54, 1.807) is 12.1 Å². The van der Waals surface area contributed by atoms with Crippen LogP contribution in [0.3, 0.4) is 0 Å². The Morgan fingerprint density at radius 1 is 1.14 bits per heavy atom. The number of rotatable bonds is 0. The number of para-hydroxylation sites is 1. The largest absolute Gasteiger partial charge is 0.249 e. The first-order valence-electron chi connectivity index (χ1n) is 5.67. The Morgan fingerprint density at radius 2 is 1.86 bits per heavy atom. The summed E-state index contributed by atoms with van der Waals surface area (Å²) in [4.78, 5) is 4.26. The van der Waals surface area contributed by atoms with Crippen LogP contribution in [0.4, 0.5) is 0 Å². The lowest BCUT2D eigenvalue weighted by atomic mass is 10.2. The third kappa shape index (κ3) is 2.18. The first kappa shape index (κ1) is 6.61. The van der Waals surface area contributed by atoms with E-state index >= 15 is 0 Å². The number of aromatic nitrogens is 1. The van der Waals surface area contributed by atoms with Crippen LogP contribution in [0.15, 0.2) is 36.3 Å². The lowest BCUT2D eigenvalue weighted by molar-refractivity contribution is 1.20. The molecule has 0 radical (unpaired) electrons. The highest BCUT2D eigenvalue weighted by atomic mass is 80.0. The summed E-state index contributed by atoms with van der Waals surface area (Å²) in [6, 6.07) is 2.58. The van der Waals surface area contributed by atoms with E-state index in [1.165, 1.54) is 0 Å². The van der Waals surface area contributed by atoms with Crippen molar-refractivity contribution in [2.24, 2.45) is 0 Å². The summed E-state index contributed by atoms with van der Waals surface area (Å²) in [5.74, 6) is 0. The van der Waals surface area contributed by atoms with E-state index in [4.69, 9.17) is 5.48 Å². The molecule has 0 amide bonds. The Balaban J connectivity index is 2.87. The number of benzene rings is 1. The number of alkyl halides is 3. The lowest BCUT2D eigenvalue weighted by Crippen LogP contribution is -2.00. The molecule has 0 saturated heterocycles. The van der Waals surface area contributed by atoms with Gasteiger partial charge in [0.25, 0.3) is 0 Å². The van der Waals surface area contributed by atoms with E-state index in [1.807, 2.05) is 0 Å². The van der Waals surface area contributed by atoms with E-state index in [-0.39, 0.29) is 29.7 Å². The van der Waals surface area contributed by atoms with E-state index in [2.05, 4.69) is 52.8 Å². The molecular weight excluding hydrogens is 374 g/mol. The van der Waals surface area contributed by atoms with Gasteiger partial charge in [-0.3, -0.25) is 0 Å². The van der Waals surface area contributed by atoms with Gasteiger partial charge < -0.3 is 0 Å². The molecule has 14 heavy (non-hydrogen) atoms. The second kappa shape index (κ2) is 3.91. The Kier molecular flexibility index (Phi) is 1.85. The zero-order chi connectivity index (χ0) is 13.7. The minimum absolute atomic E-state index is 0.0747. The highest BCUT2D eigenvalue weighted by Crippen LogP contribution is 2.43. The maximum atomic E-state index is 7.83. The minimum atomic E-state index is -0.711. The molecule has 1 heterocycles. The number of fused-ring (bicyclic) bond motifs is 1. The SMILES string of the molecule is [2H]c1c([2H])c([2H])c2nc(C(Br)(Br)Br)ccc2c1[2H]. The molecule has 1 nitrogen and oxygen atoms in total. The third-order valence-electron chi connectivity index (χ3n) is 1.63. The van der Waals surface area contributed by atoms with Crippen LogP contribution in [-0.2, 0) is 2.14 Å². The van der Waals surface area contributed by atoms with Crippen LogP contribution in [-0.4, -0.2) is 4.98 Å². The Bertz CT molecular complexity index is 639. The van der Waals surface area contributed by atoms with Crippen molar-refractivity contribution in [2.75, 3.05) is 0 Å². The molecule has 0 unspecified atom stereocenters. The van der Waals surface area contributed by atoms with Crippen molar-refractivity contribution in [3.63, 3.8) is 0 Å². The van der Waals surface area contributed by atoms with Gasteiger partial charge in [0.1, 0.15) is 0 Å². The average molecular weight is 384 g/mol. The maximum absolute atomic E-state index is 7.83. The lowest BCUT2D eigenvalue weighted by Gasteiger charge is -2.11. The van der Waals surface area contributed by atoms with Crippen LogP contribution in [0.5, 0.6) is 0 Å². The number of hydrogen-bond acceptors (Lipinski definition) is 1. The monoisotopic (exact) mass is 381 g/mol. The molecule has 2 aromatic rings. The van der Waals surface area contributed by atoms with Crippen LogP contribution >= 0.6 is 47.8 Å². The molecule has 0 atom stereocenters. The number of halogens is 3. The van der Waals surface area contributed by atoms with Crippen molar-refractivity contribution in [3.05, 3.63) is 42.0 Å². The van der Waals surface area contributed by atoms with Gasteiger partial charge in [0, 0.05) is 5.39 Å². The number of pyridine rings is 1. The van der Waals surface area contributed by atoms with Gasteiger partial charge in [0.15, 0.2) is 2.14 Å². The average Bonchev–Trinajstić information content (AvgIpc) is 2.32. The summed E-state index contributed by atoms with van der Waals surface area (Å²) in [6.07, 6.45) is 0. The molecule has 0 aliphatic carbocycles. The third-order valence-corrected chi connectivity index (χ3v) is 2.84. The van der Waals surface area contributed by atoms with E-state index in [0.29, 0.717) is 11.1 Å². The normalized spacial score (nSPS) is 15.9. The van der Waals surface area contributed by atoms with Gasteiger partial charge in [-0.2, -0.15) is 0 Å². The molecular formula is C10H6Br3N. The standard InChI is InChI=1S/C10H6Br3N/c11-10(12,13)9-6-5-7-3-1-2-4-8(7)14-9/h1-6H/i1D,2D,3D,4D. The van der Waals surface area contributed by atoms with Crippen molar-refractivity contribution < 1.29 is 5.48 Å². The van der Waals surface area contributed by atoms with E-state index < -0.39 is 2.14 Å². The highest BCUT2D eigenvalue weighted by molar-refractivity contribution is 9.38. The summed E-state index contributed by atoms with van der Waals surface area (Å²) >= 11 is 9.98. The highest BCUT2D eigenvalue weighted by Gasteiger charge is 2.22. The predicted octanol–water partition coefficient (Wildman–Crippen LogP) is 4.53. The quantitative estimate of drug-likeness (QED) is 0.609. The predicted molar refractivity (Wildman–Crippen MR) is 70.2 cm³/mol. The molecule has 0 spiro atoms. The van der Waals surface area contributed by atoms with Gasteiger partial charge >= 0.3 is 0 Å². The molecule has 1 aromatic carbocycles. The van der Waals surface area contributed by atoms with Gasteiger partial charge in [-0.15, -0.1) is 0 Å². The van der Waals surface area contributed by atoms with Gasteiger partial charge in [-0.25, -0.2) is 4.98 Å². The molecule has 0 saturated carbocycles. The molecule has 2 rings (SSSR count). The summed E-state index contributed by atoms with van der Waals surface area (Å²) in [5.41, 5.74) is 0.821. The van der Waals surface area contributed by atoms with Crippen molar-refractivity contribution in [2.45, 2.75) is 2.14 Å². The summed E-state index contributed by atoms with van der Waals surface area (Å²) < 4.78 is 30.1. The van der Waals surface area contributed by atoms with Crippen LogP contribution in [0, 0.1) is 0 Å². The molecule has 0 N–H and O–H groups in total. The molecule has 4 heteroatoms. The van der Waals surface area contributed by atoms with Crippen molar-refractivity contribution >= 4 is 58.7 Å². The second-order valence-corrected chi connectivity index (χ2v) is 9.35.